The predicted octanol–water partition coefficient (Wildman–Crippen LogP) is 6.49. The molecule has 32 heavy (non-hydrogen) atoms. The highest BCUT2D eigenvalue weighted by molar-refractivity contribution is 7.18. The molecule has 0 amide bonds. The molecule has 0 radical (unpaired) electrons. The van der Waals surface area contributed by atoms with Crippen molar-refractivity contribution < 1.29 is 9.59 Å². The highest BCUT2D eigenvalue weighted by atomic mass is 35.5. The number of anilines is 1. The minimum Gasteiger partial charge on any atom is -0.397 e. The Morgan fingerprint density at radius 3 is 2.44 bits per heavy atom. The van der Waals surface area contributed by atoms with Crippen LogP contribution in [0.2, 0.25) is 10.0 Å². The summed E-state index contributed by atoms with van der Waals surface area (Å²) < 4.78 is 0. The molecule has 0 spiro atoms. The number of thiophene rings is 1. The molecule has 0 aliphatic carbocycles. The second-order valence-electron chi connectivity index (χ2n) is 7.53. The summed E-state index contributed by atoms with van der Waals surface area (Å²) in [4.78, 5) is 35.7. The Morgan fingerprint density at radius 2 is 1.81 bits per heavy atom. The largest absolute Gasteiger partial charge is 0.397 e. The van der Waals surface area contributed by atoms with E-state index in [1.54, 1.807) is 24.5 Å². The van der Waals surface area contributed by atoms with Gasteiger partial charge in [-0.15, -0.1) is 11.3 Å². The van der Waals surface area contributed by atoms with Crippen molar-refractivity contribution in [2.75, 3.05) is 5.73 Å². The summed E-state index contributed by atoms with van der Waals surface area (Å²) in [5.74, 6) is -0.897. The Hall–Kier alpha value is -2.54. The van der Waals surface area contributed by atoms with E-state index in [4.69, 9.17) is 33.9 Å². The first-order valence-corrected chi connectivity index (χ1v) is 11.9. The molecule has 0 fully saturated rings. The number of halogens is 2. The number of aromatic nitrogens is 1. The van der Waals surface area contributed by atoms with Crippen LogP contribution in [-0.2, 0) is 4.79 Å². The van der Waals surface area contributed by atoms with E-state index in [2.05, 4.69) is 4.98 Å². The molecule has 0 bridgehead atoms. The summed E-state index contributed by atoms with van der Waals surface area (Å²) >= 11 is 13.4. The Bertz CT molecular complexity index is 1240. The van der Waals surface area contributed by atoms with Crippen LogP contribution < -0.4 is 5.73 Å². The number of pyridine rings is 1. The second-order valence-corrected chi connectivity index (χ2v) is 9.35. The maximum absolute atomic E-state index is 13.3. The van der Waals surface area contributed by atoms with Gasteiger partial charge in [-0.1, -0.05) is 37.0 Å². The van der Waals surface area contributed by atoms with Gasteiger partial charge < -0.3 is 5.73 Å². The third kappa shape index (κ3) is 3.87. The molecule has 1 aliphatic heterocycles. The topological polar surface area (TPSA) is 85.4 Å². The molecule has 1 aromatic carbocycles. The van der Waals surface area contributed by atoms with E-state index in [0.717, 1.165) is 16.8 Å². The summed E-state index contributed by atoms with van der Waals surface area (Å²) in [6, 6.07) is 8.53. The van der Waals surface area contributed by atoms with Crippen LogP contribution in [0.5, 0.6) is 0 Å². The van der Waals surface area contributed by atoms with Gasteiger partial charge in [0.1, 0.15) is 15.7 Å². The molecule has 8 heteroatoms. The number of ketones is 2. The van der Waals surface area contributed by atoms with Gasteiger partial charge in [0.05, 0.1) is 21.7 Å². The zero-order valence-electron chi connectivity index (χ0n) is 17.6. The average Bonchev–Trinajstić information content (AvgIpc) is 3.15. The molecule has 1 aliphatic rings. The maximum Gasteiger partial charge on any atom is 0.205 e. The third-order valence-electron chi connectivity index (χ3n) is 5.72. The van der Waals surface area contributed by atoms with Gasteiger partial charge in [-0.25, -0.2) is 4.99 Å². The molecule has 0 saturated carbocycles. The number of hydrogen-bond acceptors (Lipinski definition) is 6. The summed E-state index contributed by atoms with van der Waals surface area (Å²) in [6.45, 7) is 3.84. The van der Waals surface area contributed by atoms with Crippen LogP contribution in [0.1, 0.15) is 59.0 Å². The summed E-state index contributed by atoms with van der Waals surface area (Å²) in [5, 5.41) is 1.34. The van der Waals surface area contributed by atoms with Gasteiger partial charge in [-0.2, -0.15) is 0 Å². The molecule has 2 aromatic heterocycles. The minimum atomic E-state index is -0.426. The molecule has 2 N–H and O–H groups in total. The number of carbonyl (C=O) groups is 2. The zero-order valence-corrected chi connectivity index (χ0v) is 19.9. The first-order valence-electron chi connectivity index (χ1n) is 10.3. The van der Waals surface area contributed by atoms with Crippen molar-refractivity contribution in [2.45, 2.75) is 32.6 Å². The number of fused-ring (bicyclic) bond motifs is 1. The minimum absolute atomic E-state index is 0.0982. The van der Waals surface area contributed by atoms with Crippen LogP contribution in [0.3, 0.4) is 0 Å². The van der Waals surface area contributed by atoms with Crippen molar-refractivity contribution in [3.63, 3.8) is 0 Å². The number of benzene rings is 1. The van der Waals surface area contributed by atoms with Gasteiger partial charge >= 0.3 is 0 Å². The number of nitrogen functional groups attached to an aromatic ring is 1. The van der Waals surface area contributed by atoms with Gasteiger partial charge in [0, 0.05) is 41.6 Å². The molecule has 4 rings (SSSR count). The van der Waals surface area contributed by atoms with Crippen LogP contribution in [0.4, 0.5) is 10.7 Å². The molecule has 3 aromatic rings. The number of aliphatic imine (C=N–C) groups is 1. The molecule has 3 heterocycles. The Balaban J connectivity index is 1.91. The molecule has 5 nitrogen and oxygen atoms in total. The fraction of sp³-hybridized carbons (Fsp3) is 0.250. The lowest BCUT2D eigenvalue weighted by Gasteiger charge is -2.31. The monoisotopic (exact) mass is 485 g/mol. The van der Waals surface area contributed by atoms with Crippen LogP contribution in [0.25, 0.3) is 0 Å². The zero-order chi connectivity index (χ0) is 23.0. The molecule has 2 atom stereocenters. The Morgan fingerprint density at radius 1 is 1.09 bits per heavy atom. The first kappa shape index (κ1) is 22.6. The van der Waals surface area contributed by atoms with Gasteiger partial charge in [0.25, 0.3) is 0 Å². The molecule has 0 saturated heterocycles. The van der Waals surface area contributed by atoms with Gasteiger partial charge in [0.2, 0.25) is 5.78 Å². The second kappa shape index (κ2) is 9.14. The van der Waals surface area contributed by atoms with Gasteiger partial charge in [0.15, 0.2) is 0 Å². The van der Waals surface area contributed by atoms with E-state index in [-0.39, 0.29) is 17.5 Å². The number of Topliss-reactive ketones (excluding diaryl/α,β-unsaturated/α-hetero) is 1. The van der Waals surface area contributed by atoms with Crippen molar-refractivity contribution in [2.24, 2.45) is 10.9 Å². The highest BCUT2D eigenvalue weighted by Crippen LogP contribution is 2.52. The molecule has 2 unspecified atom stereocenters. The van der Waals surface area contributed by atoms with E-state index in [1.165, 1.54) is 17.4 Å². The number of hydrogen-bond donors (Lipinski definition) is 1. The SMILES string of the molecule is CCC(=O)C1C(CC)=Nc2sc(C(=O)c3ccc(Cl)c(Cl)c3)c(N)c2C1c1ccncc1. The Labute approximate surface area is 200 Å². The number of carbonyl (C=O) groups excluding carboxylic acids is 2. The molecular weight excluding hydrogens is 465 g/mol. The fourth-order valence-corrected chi connectivity index (χ4v) is 5.58. The van der Waals surface area contributed by atoms with Crippen molar-refractivity contribution >= 4 is 62.5 Å². The lowest BCUT2D eigenvalue weighted by atomic mass is 9.73. The molecule has 164 valence electrons. The average molecular weight is 486 g/mol. The van der Waals surface area contributed by atoms with Gasteiger partial charge in [-0.05, 0) is 42.3 Å². The van der Waals surface area contributed by atoms with Crippen molar-refractivity contribution in [1.82, 2.24) is 4.98 Å². The van der Waals surface area contributed by atoms with E-state index in [0.29, 0.717) is 44.0 Å². The van der Waals surface area contributed by atoms with Crippen LogP contribution in [0, 0.1) is 5.92 Å². The smallest absolute Gasteiger partial charge is 0.205 e. The maximum atomic E-state index is 13.3. The lowest BCUT2D eigenvalue weighted by Crippen LogP contribution is -2.32. The first-order chi connectivity index (χ1) is 15.4. The van der Waals surface area contributed by atoms with Crippen LogP contribution in [0.15, 0.2) is 47.7 Å². The van der Waals surface area contributed by atoms with Crippen LogP contribution in [-0.4, -0.2) is 22.3 Å². The summed E-state index contributed by atoms with van der Waals surface area (Å²) in [6.07, 6.45) is 4.42. The van der Waals surface area contributed by atoms with Crippen molar-refractivity contribution in [1.29, 1.82) is 0 Å². The summed E-state index contributed by atoms with van der Waals surface area (Å²) in [5.41, 5.74) is 9.79. The third-order valence-corrected chi connectivity index (χ3v) is 7.58. The quantitative estimate of drug-likeness (QED) is 0.404. The highest BCUT2D eigenvalue weighted by Gasteiger charge is 2.41. The van der Waals surface area contributed by atoms with E-state index < -0.39 is 5.92 Å². The van der Waals surface area contributed by atoms with E-state index in [9.17, 15) is 9.59 Å². The standard InChI is InChI=1S/C24H21Cl2N3O2S/c1-3-16-19(17(30)4-2)18(12-7-9-28-10-8-12)20-21(27)23(32-24(20)29-16)22(31)13-5-6-14(25)15(26)11-13/h5-11,18-19H,3-4,27H2,1-2H3. The normalized spacial score (nSPS) is 17.6. The van der Waals surface area contributed by atoms with E-state index >= 15 is 0 Å². The van der Waals surface area contributed by atoms with Crippen molar-refractivity contribution in [3.8, 4) is 0 Å². The number of nitrogens with two attached hydrogens (primary N) is 1. The van der Waals surface area contributed by atoms with E-state index in [1.807, 2.05) is 26.0 Å². The Kier molecular flexibility index (Phi) is 6.47. The summed E-state index contributed by atoms with van der Waals surface area (Å²) in [7, 11) is 0. The van der Waals surface area contributed by atoms with Gasteiger partial charge in [-0.3, -0.25) is 14.6 Å². The lowest BCUT2D eigenvalue weighted by molar-refractivity contribution is -0.121. The molecular formula is C24H21Cl2N3O2S. The predicted molar refractivity (Wildman–Crippen MR) is 131 cm³/mol. The number of rotatable bonds is 6. The van der Waals surface area contributed by atoms with Crippen molar-refractivity contribution in [3.05, 3.63) is 74.3 Å². The fourth-order valence-electron chi connectivity index (χ4n) is 4.14. The number of nitrogens with zero attached hydrogens (tertiary/aromatic N) is 2. The van der Waals surface area contributed by atoms with Crippen LogP contribution >= 0.6 is 34.5 Å².